The molecule has 4 rings (SSSR count). The molecule has 28 heavy (non-hydrogen) atoms. The van der Waals surface area contributed by atoms with E-state index in [1.165, 1.54) is 24.2 Å². The molecule has 7 nitrogen and oxygen atoms in total. The van der Waals surface area contributed by atoms with Crippen LogP contribution in [0.15, 0.2) is 52.9 Å². The molecular weight excluding hydrogens is 394 g/mol. The van der Waals surface area contributed by atoms with Crippen LogP contribution in [0.5, 0.6) is 0 Å². The molecule has 3 aromatic rings. The fourth-order valence-corrected chi connectivity index (χ4v) is 5.44. The number of benzene rings is 1. The first-order valence-corrected chi connectivity index (χ1v) is 11.3. The second kappa shape index (κ2) is 7.76. The van der Waals surface area contributed by atoms with Crippen molar-refractivity contribution in [3.8, 4) is 0 Å². The summed E-state index contributed by atoms with van der Waals surface area (Å²) in [7, 11) is -3.56. The molecule has 0 unspecified atom stereocenters. The maximum absolute atomic E-state index is 12.4. The van der Waals surface area contributed by atoms with Gasteiger partial charge in [0.25, 0.3) is 10.0 Å². The van der Waals surface area contributed by atoms with Crippen LogP contribution < -0.4 is 14.9 Å². The van der Waals surface area contributed by atoms with Crippen molar-refractivity contribution in [2.45, 2.75) is 24.0 Å². The highest BCUT2D eigenvalue weighted by Gasteiger charge is 2.16. The smallest absolute Gasteiger partial charge is 0.271 e. The van der Waals surface area contributed by atoms with Crippen molar-refractivity contribution in [3.63, 3.8) is 0 Å². The van der Waals surface area contributed by atoms with Gasteiger partial charge in [-0.3, -0.25) is 4.72 Å². The van der Waals surface area contributed by atoms with Crippen LogP contribution in [0.2, 0.25) is 0 Å². The van der Waals surface area contributed by atoms with E-state index in [1.54, 1.807) is 30.5 Å². The van der Waals surface area contributed by atoms with Crippen molar-refractivity contribution in [1.29, 1.82) is 0 Å². The molecule has 0 amide bonds. The molecule has 1 aromatic carbocycles. The van der Waals surface area contributed by atoms with Gasteiger partial charge in [-0.2, -0.15) is 5.10 Å². The van der Waals surface area contributed by atoms with E-state index in [1.807, 2.05) is 25.1 Å². The number of thiophene rings is 1. The van der Waals surface area contributed by atoms with Crippen LogP contribution >= 0.6 is 11.3 Å². The zero-order valence-electron chi connectivity index (χ0n) is 15.4. The quantitative estimate of drug-likeness (QED) is 0.633. The monoisotopic (exact) mass is 415 g/mol. The van der Waals surface area contributed by atoms with Crippen molar-refractivity contribution in [3.05, 3.63) is 53.5 Å². The molecule has 2 aromatic heterocycles. The summed E-state index contributed by atoms with van der Waals surface area (Å²) in [5.41, 5.74) is 2.38. The van der Waals surface area contributed by atoms with Crippen molar-refractivity contribution in [2.75, 3.05) is 28.0 Å². The summed E-state index contributed by atoms with van der Waals surface area (Å²) in [6.45, 7) is 3.97. The average molecular weight is 416 g/mol. The third kappa shape index (κ3) is 4.26. The lowest BCUT2D eigenvalue weighted by Gasteiger charge is -2.17. The van der Waals surface area contributed by atoms with Gasteiger partial charge >= 0.3 is 0 Å². The Balaban J connectivity index is 1.44. The third-order valence-corrected chi connectivity index (χ3v) is 7.38. The Labute approximate surface area is 168 Å². The number of anilines is 4. The van der Waals surface area contributed by atoms with E-state index in [0.717, 1.165) is 29.3 Å². The summed E-state index contributed by atoms with van der Waals surface area (Å²) in [5, 5.41) is 11.4. The Morgan fingerprint density at radius 3 is 2.43 bits per heavy atom. The summed E-state index contributed by atoms with van der Waals surface area (Å²) in [4.78, 5) is 3.25. The first-order valence-electron chi connectivity index (χ1n) is 9.04. The first kappa shape index (κ1) is 18.7. The SMILES string of the molecule is Cc1ccc(S(=O)(=O)Nc2ccc(Nc3cc(N4CCCC4)cnn3)cc2)s1. The van der Waals surface area contributed by atoms with Gasteiger partial charge in [-0.15, -0.1) is 16.4 Å². The number of nitrogens with zero attached hydrogens (tertiary/aromatic N) is 3. The summed E-state index contributed by atoms with van der Waals surface area (Å²) < 4.78 is 27.7. The van der Waals surface area contributed by atoms with E-state index >= 15 is 0 Å². The number of aryl methyl sites for hydroxylation is 1. The van der Waals surface area contributed by atoms with Gasteiger partial charge in [0, 0.05) is 35.4 Å². The summed E-state index contributed by atoms with van der Waals surface area (Å²) >= 11 is 1.25. The molecule has 1 fully saturated rings. The molecule has 0 aliphatic carbocycles. The molecular formula is C19H21N5O2S2. The van der Waals surface area contributed by atoms with Gasteiger partial charge in [-0.25, -0.2) is 8.42 Å². The predicted molar refractivity (Wildman–Crippen MR) is 113 cm³/mol. The lowest BCUT2D eigenvalue weighted by Crippen LogP contribution is -2.18. The molecule has 1 aliphatic rings. The predicted octanol–water partition coefficient (Wildman–Crippen LogP) is 3.99. The summed E-state index contributed by atoms with van der Waals surface area (Å²) in [6.07, 6.45) is 4.18. The number of nitrogens with one attached hydrogen (secondary N) is 2. The van der Waals surface area contributed by atoms with Gasteiger partial charge in [0.2, 0.25) is 0 Å². The Hall–Kier alpha value is -2.65. The Kier molecular flexibility index (Phi) is 5.19. The van der Waals surface area contributed by atoms with E-state index < -0.39 is 10.0 Å². The number of sulfonamides is 1. The van der Waals surface area contributed by atoms with E-state index in [-0.39, 0.29) is 0 Å². The topological polar surface area (TPSA) is 87.2 Å². The molecule has 1 aliphatic heterocycles. The minimum Gasteiger partial charge on any atom is -0.370 e. The fourth-order valence-electron chi connectivity index (χ4n) is 3.10. The van der Waals surface area contributed by atoms with Crippen LogP contribution in [0.4, 0.5) is 22.9 Å². The lowest BCUT2D eigenvalue weighted by molar-refractivity contribution is 0.603. The highest BCUT2D eigenvalue weighted by Crippen LogP contribution is 2.26. The molecule has 1 saturated heterocycles. The molecule has 9 heteroatoms. The van der Waals surface area contributed by atoms with E-state index in [0.29, 0.717) is 15.7 Å². The average Bonchev–Trinajstić information content (AvgIpc) is 3.35. The van der Waals surface area contributed by atoms with Crippen LogP contribution in [-0.2, 0) is 10.0 Å². The van der Waals surface area contributed by atoms with Gasteiger partial charge in [0.15, 0.2) is 5.82 Å². The molecule has 146 valence electrons. The third-order valence-electron chi connectivity index (χ3n) is 4.50. The van der Waals surface area contributed by atoms with E-state index in [9.17, 15) is 8.42 Å². The standard InChI is InChI=1S/C19H21N5O2S2/c1-14-4-9-19(27-14)28(25,26)23-16-7-5-15(6-8-16)21-18-12-17(13-20-22-18)24-10-2-3-11-24/h4-9,12-13,23H,2-3,10-11H2,1H3,(H,21,22). The van der Waals surface area contributed by atoms with Crippen LogP contribution in [-0.4, -0.2) is 31.7 Å². The number of aromatic nitrogens is 2. The van der Waals surface area contributed by atoms with Crippen LogP contribution in [0.3, 0.4) is 0 Å². The molecule has 0 bridgehead atoms. The largest absolute Gasteiger partial charge is 0.370 e. The lowest BCUT2D eigenvalue weighted by atomic mass is 10.3. The first-order chi connectivity index (χ1) is 13.5. The molecule has 0 spiro atoms. The zero-order valence-corrected chi connectivity index (χ0v) is 17.1. The van der Waals surface area contributed by atoms with Gasteiger partial charge < -0.3 is 10.2 Å². The minimum absolute atomic E-state index is 0.307. The Morgan fingerprint density at radius 1 is 1.04 bits per heavy atom. The van der Waals surface area contributed by atoms with E-state index in [4.69, 9.17) is 0 Å². The second-order valence-corrected chi connectivity index (χ2v) is 9.86. The fraction of sp³-hybridized carbons (Fsp3) is 0.263. The van der Waals surface area contributed by atoms with E-state index in [2.05, 4.69) is 25.1 Å². The van der Waals surface area contributed by atoms with Crippen molar-refractivity contribution < 1.29 is 8.42 Å². The van der Waals surface area contributed by atoms with Crippen molar-refractivity contribution >= 4 is 44.2 Å². The normalized spacial score (nSPS) is 14.2. The van der Waals surface area contributed by atoms with Gasteiger partial charge in [0.05, 0.1) is 11.9 Å². The number of hydrogen-bond acceptors (Lipinski definition) is 7. The Morgan fingerprint density at radius 2 is 1.75 bits per heavy atom. The molecule has 0 saturated carbocycles. The molecule has 3 heterocycles. The second-order valence-electron chi connectivity index (χ2n) is 6.67. The zero-order chi connectivity index (χ0) is 19.6. The maximum atomic E-state index is 12.4. The summed E-state index contributed by atoms with van der Waals surface area (Å²) in [5.74, 6) is 0.659. The van der Waals surface area contributed by atoms with Crippen molar-refractivity contribution in [2.24, 2.45) is 0 Å². The maximum Gasteiger partial charge on any atom is 0.271 e. The van der Waals surface area contributed by atoms with Crippen LogP contribution in [0.25, 0.3) is 0 Å². The highest BCUT2D eigenvalue weighted by molar-refractivity contribution is 7.94. The minimum atomic E-state index is -3.56. The number of hydrogen-bond donors (Lipinski definition) is 2. The van der Waals surface area contributed by atoms with Crippen LogP contribution in [0, 0.1) is 6.92 Å². The molecule has 0 radical (unpaired) electrons. The van der Waals surface area contributed by atoms with Crippen molar-refractivity contribution in [1.82, 2.24) is 10.2 Å². The van der Waals surface area contributed by atoms with Gasteiger partial charge in [0.1, 0.15) is 4.21 Å². The van der Waals surface area contributed by atoms with Crippen LogP contribution in [0.1, 0.15) is 17.7 Å². The van der Waals surface area contributed by atoms with Gasteiger partial charge in [-0.05, 0) is 56.2 Å². The number of rotatable bonds is 6. The molecule has 0 atom stereocenters. The highest BCUT2D eigenvalue weighted by atomic mass is 32.2. The Bertz CT molecular complexity index is 1060. The molecule has 2 N–H and O–H groups in total. The summed E-state index contributed by atoms with van der Waals surface area (Å²) in [6, 6.07) is 12.4. The van der Waals surface area contributed by atoms with Gasteiger partial charge in [-0.1, -0.05) is 0 Å².